The van der Waals surface area contributed by atoms with Gasteiger partial charge >= 0.3 is 0 Å². The van der Waals surface area contributed by atoms with Crippen molar-refractivity contribution < 1.29 is 4.79 Å². The van der Waals surface area contributed by atoms with Crippen LogP contribution in [0.3, 0.4) is 0 Å². The Morgan fingerprint density at radius 2 is 1.85 bits per heavy atom. The number of carbonyl (C=O) groups is 1. The van der Waals surface area contributed by atoms with E-state index < -0.39 is 0 Å². The van der Waals surface area contributed by atoms with Crippen LogP contribution in [0.25, 0.3) is 10.9 Å². The Morgan fingerprint density at radius 3 is 2.62 bits per heavy atom. The second kappa shape index (κ2) is 7.12. The van der Waals surface area contributed by atoms with E-state index in [9.17, 15) is 9.59 Å². The average Bonchev–Trinajstić information content (AvgIpc) is 3.51. The molecule has 1 N–H and O–H groups in total. The van der Waals surface area contributed by atoms with E-state index in [0.717, 1.165) is 18.4 Å². The van der Waals surface area contributed by atoms with E-state index in [-0.39, 0.29) is 23.9 Å². The predicted molar refractivity (Wildman–Crippen MR) is 101 cm³/mol. The van der Waals surface area contributed by atoms with Crippen LogP contribution in [0, 0.1) is 5.92 Å². The number of carbonyl (C=O) groups excluding carboxylic acids is 1. The van der Waals surface area contributed by atoms with Crippen molar-refractivity contribution in [2.24, 2.45) is 5.92 Å². The Kier molecular flexibility index (Phi) is 4.52. The van der Waals surface area contributed by atoms with Crippen LogP contribution >= 0.6 is 0 Å². The van der Waals surface area contributed by atoms with Crippen molar-refractivity contribution in [1.29, 1.82) is 0 Å². The van der Waals surface area contributed by atoms with E-state index in [2.05, 4.69) is 22.4 Å². The molecule has 0 radical (unpaired) electrons. The lowest BCUT2D eigenvalue weighted by Crippen LogP contribution is -2.31. The third-order valence-corrected chi connectivity index (χ3v) is 4.88. The smallest absolute Gasteiger partial charge is 0.261 e. The Balaban J connectivity index is 1.44. The molecule has 1 atom stereocenters. The van der Waals surface area contributed by atoms with Gasteiger partial charge in [0.25, 0.3) is 5.56 Å². The van der Waals surface area contributed by atoms with Gasteiger partial charge in [-0.05, 0) is 36.5 Å². The third kappa shape index (κ3) is 3.52. The molecule has 1 aliphatic rings. The predicted octanol–water partition coefficient (Wildman–Crippen LogP) is 3.05. The molecule has 0 saturated heterocycles. The van der Waals surface area contributed by atoms with Crippen molar-refractivity contribution >= 4 is 16.8 Å². The summed E-state index contributed by atoms with van der Waals surface area (Å²) in [6.45, 7) is 0.328. The van der Waals surface area contributed by atoms with Gasteiger partial charge in [0.2, 0.25) is 5.91 Å². The summed E-state index contributed by atoms with van der Waals surface area (Å²) >= 11 is 0. The topological polar surface area (TPSA) is 64.0 Å². The summed E-state index contributed by atoms with van der Waals surface area (Å²) in [5.41, 5.74) is 1.72. The summed E-state index contributed by atoms with van der Waals surface area (Å²) in [7, 11) is 0. The molecule has 0 spiro atoms. The number of benzene rings is 2. The summed E-state index contributed by atoms with van der Waals surface area (Å²) in [5.74, 6) is 0.484. The van der Waals surface area contributed by atoms with Crippen molar-refractivity contribution in [3.8, 4) is 0 Å². The van der Waals surface area contributed by atoms with Crippen molar-refractivity contribution in [3.63, 3.8) is 0 Å². The van der Waals surface area contributed by atoms with Crippen molar-refractivity contribution in [2.75, 3.05) is 0 Å². The molecule has 132 valence electrons. The van der Waals surface area contributed by atoms with Crippen molar-refractivity contribution in [2.45, 2.75) is 31.8 Å². The van der Waals surface area contributed by atoms with Crippen LogP contribution in [0.1, 0.15) is 30.9 Å². The van der Waals surface area contributed by atoms with Gasteiger partial charge in [0.05, 0.1) is 23.3 Å². The van der Waals surface area contributed by atoms with Gasteiger partial charge in [-0.25, -0.2) is 4.98 Å². The van der Waals surface area contributed by atoms with Gasteiger partial charge in [-0.15, -0.1) is 0 Å². The monoisotopic (exact) mass is 347 g/mol. The summed E-state index contributed by atoms with van der Waals surface area (Å²) in [6.07, 6.45) is 4.07. The highest BCUT2D eigenvalue weighted by Crippen LogP contribution is 2.40. The zero-order chi connectivity index (χ0) is 17.9. The fourth-order valence-corrected chi connectivity index (χ4v) is 3.30. The van der Waals surface area contributed by atoms with Crippen LogP contribution in [-0.4, -0.2) is 15.5 Å². The second-order valence-corrected chi connectivity index (χ2v) is 6.80. The molecule has 2 aromatic carbocycles. The lowest BCUT2D eigenvalue weighted by molar-refractivity contribution is -0.122. The molecule has 0 aliphatic heterocycles. The summed E-state index contributed by atoms with van der Waals surface area (Å²) in [5, 5.41) is 3.73. The maximum Gasteiger partial charge on any atom is 0.261 e. The highest BCUT2D eigenvalue weighted by atomic mass is 16.2. The Labute approximate surface area is 151 Å². The van der Waals surface area contributed by atoms with Crippen LogP contribution in [0.4, 0.5) is 0 Å². The maximum absolute atomic E-state index is 12.5. The number of aryl methyl sites for hydroxylation is 1. The second-order valence-electron chi connectivity index (χ2n) is 6.80. The normalized spacial score (nSPS) is 14.9. The Bertz CT molecular complexity index is 977. The summed E-state index contributed by atoms with van der Waals surface area (Å²) in [6, 6.07) is 17.4. The highest BCUT2D eigenvalue weighted by molar-refractivity contribution is 5.77. The maximum atomic E-state index is 12.5. The number of nitrogens with zero attached hydrogens (tertiary/aromatic N) is 2. The van der Waals surface area contributed by atoms with E-state index in [4.69, 9.17) is 0 Å². The fraction of sp³-hybridized carbons (Fsp3) is 0.286. The number of hydrogen-bond acceptors (Lipinski definition) is 3. The zero-order valence-corrected chi connectivity index (χ0v) is 14.5. The first-order chi connectivity index (χ1) is 12.7. The Morgan fingerprint density at radius 1 is 1.12 bits per heavy atom. The first-order valence-corrected chi connectivity index (χ1v) is 9.01. The minimum Gasteiger partial charge on any atom is -0.349 e. The number of para-hydroxylation sites is 1. The van der Waals surface area contributed by atoms with Gasteiger partial charge in [-0.1, -0.05) is 42.5 Å². The summed E-state index contributed by atoms with van der Waals surface area (Å²) < 4.78 is 1.51. The van der Waals surface area contributed by atoms with Crippen LogP contribution in [0.15, 0.2) is 65.7 Å². The number of nitrogens with one attached hydrogen (secondary N) is 1. The molecule has 5 heteroatoms. The molecule has 3 aromatic rings. The minimum absolute atomic E-state index is 0.0363. The quantitative estimate of drug-likeness (QED) is 0.745. The number of rotatable bonds is 6. The van der Waals surface area contributed by atoms with E-state index in [0.29, 0.717) is 23.4 Å². The SMILES string of the molecule is O=C(CCn1cnc2ccccc2c1=O)NC(c1ccccc1)C1CC1. The van der Waals surface area contributed by atoms with Gasteiger partial charge in [0.1, 0.15) is 0 Å². The molecule has 4 rings (SSSR count). The molecule has 0 bridgehead atoms. The zero-order valence-electron chi connectivity index (χ0n) is 14.5. The molecule has 1 amide bonds. The highest BCUT2D eigenvalue weighted by Gasteiger charge is 2.33. The number of hydrogen-bond donors (Lipinski definition) is 1. The third-order valence-electron chi connectivity index (χ3n) is 4.88. The van der Waals surface area contributed by atoms with Crippen LogP contribution in [0.5, 0.6) is 0 Å². The van der Waals surface area contributed by atoms with E-state index >= 15 is 0 Å². The molecule has 1 fully saturated rings. The largest absolute Gasteiger partial charge is 0.349 e. The van der Waals surface area contributed by atoms with Crippen LogP contribution < -0.4 is 10.9 Å². The number of amides is 1. The molecule has 26 heavy (non-hydrogen) atoms. The van der Waals surface area contributed by atoms with Crippen LogP contribution in [-0.2, 0) is 11.3 Å². The molecule has 1 aromatic heterocycles. The average molecular weight is 347 g/mol. The van der Waals surface area contributed by atoms with Crippen molar-refractivity contribution in [3.05, 3.63) is 76.8 Å². The molecule has 1 heterocycles. The van der Waals surface area contributed by atoms with Crippen molar-refractivity contribution in [1.82, 2.24) is 14.9 Å². The molecular formula is C21H21N3O2. The van der Waals surface area contributed by atoms with Gasteiger partial charge in [-0.2, -0.15) is 0 Å². The standard InChI is InChI=1S/C21H21N3O2/c25-19(23-20(16-10-11-16)15-6-2-1-3-7-15)12-13-24-14-22-18-9-5-4-8-17(18)21(24)26/h1-9,14,16,20H,10-13H2,(H,23,25). The lowest BCUT2D eigenvalue weighted by Gasteiger charge is -2.19. The first-order valence-electron chi connectivity index (χ1n) is 9.01. The molecular weight excluding hydrogens is 326 g/mol. The fourth-order valence-electron chi connectivity index (χ4n) is 3.30. The van der Waals surface area contributed by atoms with Gasteiger partial charge in [0.15, 0.2) is 0 Å². The minimum atomic E-state index is -0.106. The number of fused-ring (bicyclic) bond motifs is 1. The summed E-state index contributed by atoms with van der Waals surface area (Å²) in [4.78, 5) is 29.3. The van der Waals surface area contributed by atoms with Gasteiger partial charge in [-0.3, -0.25) is 14.2 Å². The van der Waals surface area contributed by atoms with E-state index in [1.54, 1.807) is 6.07 Å². The first kappa shape index (κ1) is 16.5. The molecule has 5 nitrogen and oxygen atoms in total. The Hall–Kier alpha value is -2.95. The lowest BCUT2D eigenvalue weighted by atomic mass is 10.0. The van der Waals surface area contributed by atoms with Gasteiger partial charge < -0.3 is 5.32 Å². The molecule has 1 aliphatic carbocycles. The number of aromatic nitrogens is 2. The molecule has 1 saturated carbocycles. The molecule has 1 unspecified atom stereocenters. The van der Waals surface area contributed by atoms with Gasteiger partial charge in [0, 0.05) is 13.0 Å². The van der Waals surface area contributed by atoms with Crippen LogP contribution in [0.2, 0.25) is 0 Å². The van der Waals surface area contributed by atoms with E-state index in [1.165, 1.54) is 10.9 Å². The van der Waals surface area contributed by atoms with E-state index in [1.807, 2.05) is 36.4 Å².